The van der Waals surface area contributed by atoms with Crippen LogP contribution in [-0.2, 0) is 6.42 Å². The maximum atomic E-state index is 10.9. The number of aromatic hydroxyl groups is 2. The fraction of sp³-hybridized carbons (Fsp3) is 0.500. The molecule has 0 atom stereocenters. The van der Waals surface area contributed by atoms with Gasteiger partial charge in [0.2, 0.25) is 0 Å². The van der Waals surface area contributed by atoms with Crippen LogP contribution in [0.15, 0.2) is 12.1 Å². The molecule has 0 amide bonds. The highest BCUT2D eigenvalue weighted by Gasteiger charge is 2.14. The van der Waals surface area contributed by atoms with Crippen LogP contribution in [0.2, 0.25) is 0 Å². The molecular formula is C14H20O5. The molecule has 0 bridgehead atoms. The van der Waals surface area contributed by atoms with Gasteiger partial charge in [-0.05, 0) is 37.0 Å². The lowest BCUT2D eigenvalue weighted by Crippen LogP contribution is -1.99. The van der Waals surface area contributed by atoms with E-state index in [1.165, 1.54) is 12.1 Å². The quantitative estimate of drug-likeness (QED) is 0.428. The first-order valence-corrected chi connectivity index (χ1v) is 6.45. The van der Waals surface area contributed by atoms with Crippen LogP contribution in [-0.4, -0.2) is 33.0 Å². The number of benzene rings is 1. The van der Waals surface area contributed by atoms with Gasteiger partial charge in [-0.2, -0.15) is 0 Å². The minimum atomic E-state index is -1.25. The predicted molar refractivity (Wildman–Crippen MR) is 70.6 cm³/mol. The molecule has 0 spiro atoms. The van der Waals surface area contributed by atoms with Crippen LogP contribution < -0.4 is 0 Å². The van der Waals surface area contributed by atoms with Gasteiger partial charge in [0, 0.05) is 6.61 Å². The number of aromatic carboxylic acids is 1. The standard InChI is InChI=1S/C14H20O5/c15-7-5-3-1-2-4-6-10-8-11(14(18)19)13(17)12(16)9-10/h8-9,15-17H,1-7H2,(H,18,19). The summed E-state index contributed by atoms with van der Waals surface area (Å²) in [5.74, 6) is -2.23. The molecule has 0 aliphatic heterocycles. The van der Waals surface area contributed by atoms with Crippen LogP contribution in [0.25, 0.3) is 0 Å². The minimum absolute atomic E-state index is 0.216. The van der Waals surface area contributed by atoms with E-state index in [4.69, 9.17) is 10.2 Å². The molecule has 106 valence electrons. The molecule has 5 nitrogen and oxygen atoms in total. The zero-order valence-corrected chi connectivity index (χ0v) is 10.8. The van der Waals surface area contributed by atoms with Crippen molar-refractivity contribution in [3.05, 3.63) is 23.3 Å². The number of aryl methyl sites for hydroxylation is 1. The largest absolute Gasteiger partial charge is 0.504 e. The molecule has 0 fully saturated rings. The number of hydrogen-bond donors (Lipinski definition) is 4. The van der Waals surface area contributed by atoms with E-state index in [2.05, 4.69) is 0 Å². The lowest BCUT2D eigenvalue weighted by molar-refractivity contribution is 0.0693. The highest BCUT2D eigenvalue weighted by molar-refractivity contribution is 5.92. The van der Waals surface area contributed by atoms with E-state index in [1.54, 1.807) is 0 Å². The molecule has 4 N–H and O–H groups in total. The van der Waals surface area contributed by atoms with E-state index in [9.17, 15) is 15.0 Å². The summed E-state index contributed by atoms with van der Waals surface area (Å²) in [6.45, 7) is 0.216. The number of hydrogen-bond acceptors (Lipinski definition) is 4. The van der Waals surface area contributed by atoms with Gasteiger partial charge in [0.05, 0.1) is 0 Å². The Bertz CT molecular complexity index is 428. The predicted octanol–water partition coefficient (Wildman–Crippen LogP) is 2.28. The first kappa shape index (κ1) is 15.3. The van der Waals surface area contributed by atoms with Crippen molar-refractivity contribution in [1.29, 1.82) is 0 Å². The molecule has 5 heteroatoms. The van der Waals surface area contributed by atoms with Crippen molar-refractivity contribution in [2.75, 3.05) is 6.61 Å². The smallest absolute Gasteiger partial charge is 0.339 e. The molecule has 0 aliphatic carbocycles. The Labute approximate surface area is 112 Å². The van der Waals surface area contributed by atoms with Crippen molar-refractivity contribution in [2.45, 2.75) is 38.5 Å². The molecule has 1 rings (SSSR count). The van der Waals surface area contributed by atoms with E-state index in [0.717, 1.165) is 32.1 Å². The second kappa shape index (κ2) is 7.63. The monoisotopic (exact) mass is 268 g/mol. The molecule has 0 unspecified atom stereocenters. The normalized spacial score (nSPS) is 10.6. The highest BCUT2D eigenvalue weighted by Crippen LogP contribution is 2.31. The topological polar surface area (TPSA) is 98.0 Å². The van der Waals surface area contributed by atoms with Crippen LogP contribution >= 0.6 is 0 Å². The highest BCUT2D eigenvalue weighted by atomic mass is 16.4. The first-order valence-electron chi connectivity index (χ1n) is 6.45. The van der Waals surface area contributed by atoms with Gasteiger partial charge in [0.15, 0.2) is 11.5 Å². The number of aliphatic hydroxyl groups excluding tert-OH is 1. The Morgan fingerprint density at radius 1 is 1.00 bits per heavy atom. The van der Waals surface area contributed by atoms with Crippen molar-refractivity contribution in [1.82, 2.24) is 0 Å². The van der Waals surface area contributed by atoms with Crippen LogP contribution in [0.5, 0.6) is 11.5 Å². The van der Waals surface area contributed by atoms with Gasteiger partial charge in [0.1, 0.15) is 5.56 Å². The number of carboxylic acid groups (broad SMARTS) is 1. The summed E-state index contributed by atoms with van der Waals surface area (Å²) in [5, 5.41) is 36.4. The van der Waals surface area contributed by atoms with Gasteiger partial charge in [-0.3, -0.25) is 0 Å². The van der Waals surface area contributed by atoms with Crippen LogP contribution in [0.3, 0.4) is 0 Å². The average Bonchev–Trinajstić information content (AvgIpc) is 2.37. The van der Waals surface area contributed by atoms with E-state index < -0.39 is 17.5 Å². The van der Waals surface area contributed by atoms with Crippen molar-refractivity contribution in [3.8, 4) is 11.5 Å². The van der Waals surface area contributed by atoms with E-state index in [-0.39, 0.29) is 12.2 Å². The number of carboxylic acids is 1. The SMILES string of the molecule is O=C(O)c1cc(CCCCCCCO)cc(O)c1O. The van der Waals surface area contributed by atoms with E-state index in [0.29, 0.717) is 12.0 Å². The molecule has 0 saturated heterocycles. The number of aliphatic hydroxyl groups is 1. The maximum Gasteiger partial charge on any atom is 0.339 e. The van der Waals surface area contributed by atoms with Crippen LogP contribution in [0.4, 0.5) is 0 Å². The Hall–Kier alpha value is -1.75. The zero-order chi connectivity index (χ0) is 14.3. The Balaban J connectivity index is 2.52. The fourth-order valence-electron chi connectivity index (χ4n) is 1.96. The lowest BCUT2D eigenvalue weighted by atomic mass is 10.0. The zero-order valence-electron chi connectivity index (χ0n) is 10.8. The number of phenols is 2. The van der Waals surface area contributed by atoms with Crippen molar-refractivity contribution in [2.24, 2.45) is 0 Å². The van der Waals surface area contributed by atoms with Gasteiger partial charge < -0.3 is 20.4 Å². The molecule has 0 aromatic heterocycles. The summed E-state index contributed by atoms with van der Waals surface area (Å²) in [6, 6.07) is 2.79. The van der Waals surface area contributed by atoms with Gasteiger partial charge in [-0.15, -0.1) is 0 Å². The molecule has 1 aromatic rings. The molecule has 0 heterocycles. The summed E-state index contributed by atoms with van der Waals surface area (Å²) in [7, 11) is 0. The van der Waals surface area contributed by atoms with Gasteiger partial charge in [-0.1, -0.05) is 19.3 Å². The third kappa shape index (κ3) is 4.79. The van der Waals surface area contributed by atoms with Crippen molar-refractivity contribution < 1.29 is 25.2 Å². The summed E-state index contributed by atoms with van der Waals surface area (Å²) in [6.07, 6.45) is 5.35. The molecular weight excluding hydrogens is 248 g/mol. The third-order valence-corrected chi connectivity index (χ3v) is 3.00. The van der Waals surface area contributed by atoms with Crippen LogP contribution in [0.1, 0.15) is 48.0 Å². The van der Waals surface area contributed by atoms with Crippen molar-refractivity contribution >= 4 is 5.97 Å². The summed E-state index contributed by atoms with van der Waals surface area (Å²) >= 11 is 0. The van der Waals surface area contributed by atoms with Crippen LogP contribution in [0, 0.1) is 0 Å². The molecule has 0 radical (unpaired) electrons. The second-order valence-corrected chi connectivity index (χ2v) is 4.56. The van der Waals surface area contributed by atoms with E-state index >= 15 is 0 Å². The lowest BCUT2D eigenvalue weighted by Gasteiger charge is -2.07. The Morgan fingerprint density at radius 3 is 2.26 bits per heavy atom. The third-order valence-electron chi connectivity index (χ3n) is 3.00. The average molecular weight is 268 g/mol. The molecule has 19 heavy (non-hydrogen) atoms. The molecule has 0 saturated carbocycles. The number of phenolic OH excluding ortho intramolecular Hbond substituents is 1. The summed E-state index contributed by atoms with van der Waals surface area (Å²) in [4.78, 5) is 10.9. The fourth-order valence-corrected chi connectivity index (χ4v) is 1.96. The van der Waals surface area contributed by atoms with Gasteiger partial charge in [0.25, 0.3) is 0 Å². The molecule has 0 aliphatic rings. The number of rotatable bonds is 8. The minimum Gasteiger partial charge on any atom is -0.504 e. The van der Waals surface area contributed by atoms with Gasteiger partial charge in [-0.25, -0.2) is 4.79 Å². The first-order chi connectivity index (χ1) is 9.06. The van der Waals surface area contributed by atoms with E-state index in [1.807, 2.05) is 0 Å². The Kier molecular flexibility index (Phi) is 6.15. The summed E-state index contributed by atoms with van der Waals surface area (Å²) in [5.41, 5.74) is 0.435. The summed E-state index contributed by atoms with van der Waals surface area (Å²) < 4.78 is 0. The molecule has 1 aromatic carbocycles. The maximum absolute atomic E-state index is 10.9. The Morgan fingerprint density at radius 2 is 1.63 bits per heavy atom. The van der Waals surface area contributed by atoms with Crippen molar-refractivity contribution in [3.63, 3.8) is 0 Å². The number of unbranched alkanes of at least 4 members (excludes halogenated alkanes) is 4. The van der Waals surface area contributed by atoms with Gasteiger partial charge >= 0.3 is 5.97 Å². The second-order valence-electron chi connectivity index (χ2n) is 4.56. The number of carbonyl (C=O) groups is 1.